The largest absolute Gasteiger partial charge is 0.310 e. The van der Waals surface area contributed by atoms with Gasteiger partial charge in [0.2, 0.25) is 0 Å². The Balaban J connectivity index is 2.13. The van der Waals surface area contributed by atoms with Crippen LogP contribution in [-0.2, 0) is 6.42 Å². The summed E-state index contributed by atoms with van der Waals surface area (Å²) in [5.41, 5.74) is 3.79. The molecule has 1 atom stereocenters. The molecule has 1 aromatic carbocycles. The lowest BCUT2D eigenvalue weighted by molar-refractivity contribution is 0.499. The summed E-state index contributed by atoms with van der Waals surface area (Å²) < 4.78 is 2.03. The molecule has 0 aliphatic carbocycles. The van der Waals surface area contributed by atoms with Crippen LogP contribution < -0.4 is 5.32 Å². The number of aromatic nitrogens is 2. The van der Waals surface area contributed by atoms with E-state index >= 15 is 0 Å². The smallest absolute Gasteiger partial charge is 0.0643 e. The van der Waals surface area contributed by atoms with Crippen molar-refractivity contribution in [3.63, 3.8) is 0 Å². The fraction of sp³-hybridized carbons (Fsp3) is 0.500. The first kappa shape index (κ1) is 15.8. The molecule has 1 unspecified atom stereocenters. The van der Waals surface area contributed by atoms with E-state index in [9.17, 15) is 0 Å². The normalized spacial score (nSPS) is 12.8. The van der Waals surface area contributed by atoms with Gasteiger partial charge in [0.25, 0.3) is 0 Å². The Morgan fingerprint density at radius 3 is 2.43 bits per heavy atom. The van der Waals surface area contributed by atoms with Gasteiger partial charge in [0.05, 0.1) is 5.69 Å². The van der Waals surface area contributed by atoms with E-state index in [2.05, 4.69) is 74.6 Å². The number of hydrogen-bond donors (Lipinski definition) is 1. The van der Waals surface area contributed by atoms with Crippen LogP contribution in [-0.4, -0.2) is 16.3 Å². The van der Waals surface area contributed by atoms with Crippen LogP contribution in [0.3, 0.4) is 0 Å². The highest BCUT2D eigenvalue weighted by Crippen LogP contribution is 2.19. The summed E-state index contributed by atoms with van der Waals surface area (Å²) in [6.07, 6.45) is 4.15. The third-order valence-electron chi connectivity index (χ3n) is 3.73. The van der Waals surface area contributed by atoms with E-state index < -0.39 is 0 Å². The summed E-state index contributed by atoms with van der Waals surface area (Å²) in [7, 11) is 0. The molecule has 0 aliphatic heterocycles. The van der Waals surface area contributed by atoms with Crippen molar-refractivity contribution in [2.24, 2.45) is 0 Å². The van der Waals surface area contributed by atoms with Gasteiger partial charge >= 0.3 is 0 Å². The molecule has 2 rings (SSSR count). The van der Waals surface area contributed by atoms with E-state index in [1.54, 1.807) is 0 Å². The fourth-order valence-electron chi connectivity index (χ4n) is 2.41. The molecule has 0 fully saturated rings. The molecule has 0 spiro atoms. The molecule has 114 valence electrons. The van der Waals surface area contributed by atoms with Crippen molar-refractivity contribution in [2.45, 2.75) is 52.6 Å². The highest BCUT2D eigenvalue weighted by molar-refractivity contribution is 5.25. The highest BCUT2D eigenvalue weighted by atomic mass is 15.3. The Morgan fingerprint density at radius 1 is 1.14 bits per heavy atom. The van der Waals surface area contributed by atoms with Gasteiger partial charge in [0.1, 0.15) is 0 Å². The Kier molecular flexibility index (Phi) is 5.57. The van der Waals surface area contributed by atoms with E-state index in [0.29, 0.717) is 12.1 Å². The van der Waals surface area contributed by atoms with Gasteiger partial charge in [-0.3, -0.25) is 4.68 Å². The Bertz CT molecular complexity index is 540. The summed E-state index contributed by atoms with van der Waals surface area (Å²) >= 11 is 0. The van der Waals surface area contributed by atoms with Crippen LogP contribution >= 0.6 is 0 Å². The summed E-state index contributed by atoms with van der Waals surface area (Å²) in [4.78, 5) is 0. The predicted octanol–water partition coefficient (Wildman–Crippen LogP) is 4.06. The average molecular weight is 285 g/mol. The maximum Gasteiger partial charge on any atom is 0.0643 e. The molecule has 2 aromatic rings. The van der Waals surface area contributed by atoms with Gasteiger partial charge in [-0.2, -0.15) is 5.10 Å². The van der Waals surface area contributed by atoms with Crippen LogP contribution in [0.2, 0.25) is 0 Å². The van der Waals surface area contributed by atoms with Crippen LogP contribution in [0.25, 0.3) is 0 Å². The molecule has 0 saturated heterocycles. The van der Waals surface area contributed by atoms with E-state index in [0.717, 1.165) is 25.1 Å². The predicted molar refractivity (Wildman–Crippen MR) is 88.5 cm³/mol. The quantitative estimate of drug-likeness (QED) is 0.831. The van der Waals surface area contributed by atoms with E-state index in [4.69, 9.17) is 0 Å². The van der Waals surface area contributed by atoms with E-state index in [1.807, 2.05) is 4.68 Å². The zero-order chi connectivity index (χ0) is 15.2. The molecular formula is C18H27N3. The van der Waals surface area contributed by atoms with Crippen LogP contribution in [0.15, 0.2) is 36.5 Å². The second kappa shape index (κ2) is 7.41. The summed E-state index contributed by atoms with van der Waals surface area (Å²) in [5, 5.41) is 8.32. The molecule has 1 heterocycles. The van der Waals surface area contributed by atoms with Gasteiger partial charge < -0.3 is 5.32 Å². The molecule has 0 saturated carbocycles. The molecule has 3 nitrogen and oxygen atoms in total. The third kappa shape index (κ3) is 4.43. The fourth-order valence-corrected chi connectivity index (χ4v) is 2.41. The van der Waals surface area contributed by atoms with Crippen LogP contribution in [0.5, 0.6) is 0 Å². The minimum Gasteiger partial charge on any atom is -0.310 e. The van der Waals surface area contributed by atoms with E-state index in [-0.39, 0.29) is 0 Å². The number of aryl methyl sites for hydroxylation is 1. The summed E-state index contributed by atoms with van der Waals surface area (Å²) in [6, 6.07) is 11.7. The Hall–Kier alpha value is -1.61. The Labute approximate surface area is 128 Å². The first-order valence-corrected chi connectivity index (χ1v) is 7.94. The number of hydrogen-bond acceptors (Lipinski definition) is 2. The molecule has 1 aromatic heterocycles. The molecule has 3 heteroatoms. The van der Waals surface area contributed by atoms with Gasteiger partial charge in [0.15, 0.2) is 0 Å². The van der Waals surface area contributed by atoms with Crippen molar-refractivity contribution >= 4 is 0 Å². The van der Waals surface area contributed by atoms with Gasteiger partial charge in [-0.1, -0.05) is 36.8 Å². The molecule has 0 bridgehead atoms. The SMILES string of the molecule is CCCNC(Cc1ccn(C(C)C)n1)c1ccc(C)cc1. The Morgan fingerprint density at radius 2 is 1.86 bits per heavy atom. The monoisotopic (exact) mass is 285 g/mol. The lowest BCUT2D eigenvalue weighted by Crippen LogP contribution is -2.24. The van der Waals surface area contributed by atoms with Gasteiger partial charge in [0, 0.05) is 24.7 Å². The summed E-state index contributed by atoms with van der Waals surface area (Å²) in [6.45, 7) is 9.67. The van der Waals surface area contributed by atoms with Crippen molar-refractivity contribution in [1.29, 1.82) is 0 Å². The topological polar surface area (TPSA) is 29.9 Å². The molecule has 0 radical (unpaired) electrons. The van der Waals surface area contributed by atoms with Gasteiger partial charge in [-0.25, -0.2) is 0 Å². The minimum atomic E-state index is 0.334. The maximum absolute atomic E-state index is 4.68. The number of benzene rings is 1. The number of rotatable bonds is 7. The highest BCUT2D eigenvalue weighted by Gasteiger charge is 2.13. The number of nitrogens with zero attached hydrogens (tertiary/aromatic N) is 2. The van der Waals surface area contributed by atoms with Crippen molar-refractivity contribution in [3.8, 4) is 0 Å². The zero-order valence-corrected chi connectivity index (χ0v) is 13.6. The standard InChI is InChI=1S/C18H27N3/c1-5-11-19-18(16-8-6-15(4)7-9-16)13-17-10-12-21(20-17)14(2)3/h6-10,12,14,18-19H,5,11,13H2,1-4H3. The van der Waals surface area contributed by atoms with E-state index in [1.165, 1.54) is 11.1 Å². The zero-order valence-electron chi connectivity index (χ0n) is 13.6. The first-order valence-electron chi connectivity index (χ1n) is 7.94. The van der Waals surface area contributed by atoms with Crippen molar-refractivity contribution in [2.75, 3.05) is 6.54 Å². The lowest BCUT2D eigenvalue weighted by Gasteiger charge is -2.18. The van der Waals surface area contributed by atoms with Crippen LogP contribution in [0.4, 0.5) is 0 Å². The van der Waals surface area contributed by atoms with Gasteiger partial charge in [-0.05, 0) is 45.4 Å². The number of nitrogens with one attached hydrogen (secondary N) is 1. The lowest BCUT2D eigenvalue weighted by atomic mass is 10.0. The molecular weight excluding hydrogens is 258 g/mol. The second-order valence-electron chi connectivity index (χ2n) is 6.00. The third-order valence-corrected chi connectivity index (χ3v) is 3.73. The van der Waals surface area contributed by atoms with Crippen LogP contribution in [0, 0.1) is 6.92 Å². The first-order chi connectivity index (χ1) is 10.1. The average Bonchev–Trinajstić information content (AvgIpc) is 2.93. The minimum absolute atomic E-state index is 0.334. The molecule has 0 aliphatic rings. The summed E-state index contributed by atoms with van der Waals surface area (Å²) in [5.74, 6) is 0. The van der Waals surface area contributed by atoms with Crippen molar-refractivity contribution in [1.82, 2.24) is 15.1 Å². The molecule has 0 amide bonds. The second-order valence-corrected chi connectivity index (χ2v) is 6.00. The van der Waals surface area contributed by atoms with Crippen LogP contribution in [0.1, 0.15) is 56.1 Å². The van der Waals surface area contributed by atoms with Crippen molar-refractivity contribution in [3.05, 3.63) is 53.3 Å². The maximum atomic E-state index is 4.68. The molecule has 21 heavy (non-hydrogen) atoms. The molecule has 1 N–H and O–H groups in total. The van der Waals surface area contributed by atoms with Crippen molar-refractivity contribution < 1.29 is 0 Å². The van der Waals surface area contributed by atoms with Gasteiger partial charge in [-0.15, -0.1) is 0 Å².